The molecule has 0 saturated carbocycles. The molecular formula is C22H21N5O2. The van der Waals surface area contributed by atoms with Gasteiger partial charge in [-0.3, -0.25) is 4.98 Å². The number of pyridine rings is 1. The molecule has 0 fully saturated rings. The fourth-order valence-electron chi connectivity index (χ4n) is 3.01. The molecule has 7 heteroatoms. The second-order valence-electron chi connectivity index (χ2n) is 6.43. The van der Waals surface area contributed by atoms with E-state index in [0.717, 1.165) is 27.8 Å². The van der Waals surface area contributed by atoms with Gasteiger partial charge in [0.2, 0.25) is 5.95 Å². The first-order valence-electron chi connectivity index (χ1n) is 9.11. The SMILES string of the molecule is COc1cc2nc(Nc3cccnc3)nc(Nc3ccccc3C)c2cc1OC. The molecule has 7 nitrogen and oxygen atoms in total. The minimum Gasteiger partial charge on any atom is -0.493 e. The number of hydrogen-bond donors (Lipinski definition) is 2. The molecule has 0 atom stereocenters. The van der Waals surface area contributed by atoms with Gasteiger partial charge in [-0.1, -0.05) is 18.2 Å². The maximum absolute atomic E-state index is 5.47. The van der Waals surface area contributed by atoms with Crippen molar-refractivity contribution in [3.05, 3.63) is 66.5 Å². The minimum absolute atomic E-state index is 0.453. The van der Waals surface area contributed by atoms with E-state index >= 15 is 0 Å². The van der Waals surface area contributed by atoms with E-state index in [9.17, 15) is 0 Å². The summed E-state index contributed by atoms with van der Waals surface area (Å²) in [5, 5.41) is 7.46. The Kier molecular flexibility index (Phi) is 5.11. The van der Waals surface area contributed by atoms with Crippen LogP contribution in [0.1, 0.15) is 5.56 Å². The van der Waals surface area contributed by atoms with Crippen LogP contribution in [0.15, 0.2) is 60.9 Å². The van der Waals surface area contributed by atoms with Gasteiger partial charge < -0.3 is 20.1 Å². The van der Waals surface area contributed by atoms with Crippen molar-refractivity contribution < 1.29 is 9.47 Å². The fourth-order valence-corrected chi connectivity index (χ4v) is 3.01. The van der Waals surface area contributed by atoms with E-state index in [0.29, 0.717) is 23.3 Å². The number of rotatable bonds is 6. The molecule has 0 radical (unpaired) electrons. The number of aryl methyl sites for hydroxylation is 1. The second-order valence-corrected chi connectivity index (χ2v) is 6.43. The van der Waals surface area contributed by atoms with E-state index in [4.69, 9.17) is 14.5 Å². The first-order chi connectivity index (χ1) is 14.2. The third kappa shape index (κ3) is 3.89. The molecule has 0 aliphatic heterocycles. The lowest BCUT2D eigenvalue weighted by Gasteiger charge is -2.15. The first-order valence-corrected chi connectivity index (χ1v) is 9.11. The Morgan fingerprint density at radius 2 is 1.66 bits per heavy atom. The summed E-state index contributed by atoms with van der Waals surface area (Å²) in [7, 11) is 3.21. The van der Waals surface area contributed by atoms with Crippen LogP contribution >= 0.6 is 0 Å². The molecule has 146 valence electrons. The zero-order valence-electron chi connectivity index (χ0n) is 16.4. The summed E-state index contributed by atoms with van der Waals surface area (Å²) in [5.74, 6) is 2.34. The van der Waals surface area contributed by atoms with Crippen LogP contribution in [0.2, 0.25) is 0 Å². The highest BCUT2D eigenvalue weighted by Gasteiger charge is 2.14. The number of para-hydroxylation sites is 1. The molecule has 2 N–H and O–H groups in total. The summed E-state index contributed by atoms with van der Waals surface area (Å²) >= 11 is 0. The van der Waals surface area contributed by atoms with Crippen molar-refractivity contribution in [3.63, 3.8) is 0 Å². The predicted octanol–water partition coefficient (Wildman–Crippen LogP) is 4.84. The molecule has 4 aromatic rings. The van der Waals surface area contributed by atoms with Crippen LogP contribution in [0.4, 0.5) is 23.1 Å². The molecule has 2 heterocycles. The van der Waals surface area contributed by atoms with E-state index in [1.165, 1.54) is 0 Å². The number of fused-ring (bicyclic) bond motifs is 1. The predicted molar refractivity (Wildman–Crippen MR) is 115 cm³/mol. The monoisotopic (exact) mass is 387 g/mol. The number of benzene rings is 2. The summed E-state index contributed by atoms with van der Waals surface area (Å²) in [4.78, 5) is 13.5. The Hall–Kier alpha value is -3.87. The Morgan fingerprint density at radius 1 is 0.862 bits per heavy atom. The highest BCUT2D eigenvalue weighted by atomic mass is 16.5. The third-order valence-electron chi connectivity index (χ3n) is 4.52. The second kappa shape index (κ2) is 8.02. The number of aromatic nitrogens is 3. The summed E-state index contributed by atoms with van der Waals surface area (Å²) in [6.07, 6.45) is 3.44. The summed E-state index contributed by atoms with van der Waals surface area (Å²) in [6, 6.07) is 15.5. The molecule has 0 spiro atoms. The van der Waals surface area contributed by atoms with E-state index in [1.54, 1.807) is 26.6 Å². The average molecular weight is 387 g/mol. The van der Waals surface area contributed by atoms with Crippen LogP contribution in [0.25, 0.3) is 10.9 Å². The molecule has 2 aromatic heterocycles. The summed E-state index contributed by atoms with van der Waals surface area (Å²) in [6.45, 7) is 2.05. The van der Waals surface area contributed by atoms with Crippen molar-refractivity contribution in [3.8, 4) is 11.5 Å². The highest BCUT2D eigenvalue weighted by Crippen LogP contribution is 2.36. The largest absolute Gasteiger partial charge is 0.493 e. The van der Waals surface area contributed by atoms with Crippen LogP contribution in [-0.4, -0.2) is 29.2 Å². The van der Waals surface area contributed by atoms with Gasteiger partial charge in [0, 0.05) is 23.3 Å². The normalized spacial score (nSPS) is 10.6. The molecular weight excluding hydrogens is 366 g/mol. The number of hydrogen-bond acceptors (Lipinski definition) is 7. The van der Waals surface area contributed by atoms with Gasteiger partial charge >= 0.3 is 0 Å². The van der Waals surface area contributed by atoms with E-state index in [-0.39, 0.29) is 0 Å². The number of ether oxygens (including phenoxy) is 2. The zero-order valence-corrected chi connectivity index (χ0v) is 16.4. The van der Waals surface area contributed by atoms with Gasteiger partial charge in [-0.15, -0.1) is 0 Å². The third-order valence-corrected chi connectivity index (χ3v) is 4.52. The van der Waals surface area contributed by atoms with Gasteiger partial charge in [0.15, 0.2) is 11.5 Å². The summed E-state index contributed by atoms with van der Waals surface area (Å²) in [5.41, 5.74) is 3.60. The maximum atomic E-state index is 5.47. The van der Waals surface area contributed by atoms with Crippen molar-refractivity contribution in [2.75, 3.05) is 24.9 Å². The number of methoxy groups -OCH3 is 2. The standard InChI is InChI=1S/C22H21N5O2/c1-14-7-4-5-9-17(14)25-21-16-11-19(28-2)20(29-3)12-18(16)26-22(27-21)24-15-8-6-10-23-13-15/h4-13H,1-3H3,(H2,24,25,26,27). The first kappa shape index (κ1) is 18.5. The Balaban J connectivity index is 1.86. The van der Waals surface area contributed by atoms with Gasteiger partial charge in [0.05, 0.1) is 31.6 Å². The van der Waals surface area contributed by atoms with Crippen molar-refractivity contribution in [1.29, 1.82) is 0 Å². The Morgan fingerprint density at radius 3 is 2.38 bits per heavy atom. The lowest BCUT2D eigenvalue weighted by atomic mass is 10.1. The van der Waals surface area contributed by atoms with Crippen molar-refractivity contribution >= 4 is 34.0 Å². The smallest absolute Gasteiger partial charge is 0.229 e. The van der Waals surface area contributed by atoms with E-state index in [2.05, 4.69) is 20.6 Å². The molecule has 0 saturated heterocycles. The molecule has 2 aromatic carbocycles. The number of nitrogens with one attached hydrogen (secondary N) is 2. The van der Waals surface area contributed by atoms with E-state index < -0.39 is 0 Å². The van der Waals surface area contributed by atoms with Crippen molar-refractivity contribution in [1.82, 2.24) is 15.0 Å². The van der Waals surface area contributed by atoms with Crippen molar-refractivity contribution in [2.24, 2.45) is 0 Å². The zero-order chi connectivity index (χ0) is 20.2. The van der Waals surface area contributed by atoms with Crippen LogP contribution < -0.4 is 20.1 Å². The fraction of sp³-hybridized carbons (Fsp3) is 0.136. The van der Waals surface area contributed by atoms with Crippen LogP contribution in [0.3, 0.4) is 0 Å². The van der Waals surface area contributed by atoms with Gasteiger partial charge in [-0.2, -0.15) is 4.98 Å². The van der Waals surface area contributed by atoms with Gasteiger partial charge in [0.25, 0.3) is 0 Å². The molecule has 0 unspecified atom stereocenters. The Bertz CT molecular complexity index is 1150. The average Bonchev–Trinajstić information content (AvgIpc) is 2.75. The molecule has 0 aliphatic rings. The minimum atomic E-state index is 0.453. The number of anilines is 4. The topological polar surface area (TPSA) is 81.2 Å². The van der Waals surface area contributed by atoms with Gasteiger partial charge in [-0.25, -0.2) is 4.98 Å². The van der Waals surface area contributed by atoms with Gasteiger partial charge in [0.1, 0.15) is 5.82 Å². The maximum Gasteiger partial charge on any atom is 0.229 e. The van der Waals surface area contributed by atoms with Crippen LogP contribution in [0.5, 0.6) is 11.5 Å². The van der Waals surface area contributed by atoms with Crippen LogP contribution in [-0.2, 0) is 0 Å². The highest BCUT2D eigenvalue weighted by molar-refractivity contribution is 5.94. The molecule has 4 rings (SSSR count). The van der Waals surface area contributed by atoms with Gasteiger partial charge in [-0.05, 0) is 36.8 Å². The molecule has 0 amide bonds. The number of nitrogens with zero attached hydrogens (tertiary/aromatic N) is 3. The van der Waals surface area contributed by atoms with Crippen molar-refractivity contribution in [2.45, 2.75) is 6.92 Å². The lowest BCUT2D eigenvalue weighted by Crippen LogP contribution is -2.04. The molecule has 29 heavy (non-hydrogen) atoms. The van der Waals surface area contributed by atoms with Crippen LogP contribution in [0, 0.1) is 6.92 Å². The molecule has 0 aliphatic carbocycles. The quantitative estimate of drug-likeness (QED) is 0.490. The Labute approximate surface area is 168 Å². The molecule has 0 bridgehead atoms. The summed E-state index contributed by atoms with van der Waals surface area (Å²) < 4.78 is 10.9. The van der Waals surface area contributed by atoms with E-state index in [1.807, 2.05) is 55.5 Å². The lowest BCUT2D eigenvalue weighted by molar-refractivity contribution is 0.356.